The number of nitrogens with two attached hydrogens (primary N) is 1. The molecule has 0 fully saturated rings. The molecule has 0 unspecified atom stereocenters. The van der Waals surface area contributed by atoms with Crippen LogP contribution in [0.1, 0.15) is 12.5 Å². The van der Waals surface area contributed by atoms with Crippen LogP contribution in [-0.2, 0) is 6.42 Å². The fourth-order valence-electron chi connectivity index (χ4n) is 1.64. The lowest BCUT2D eigenvalue weighted by Gasteiger charge is -2.11. The van der Waals surface area contributed by atoms with Gasteiger partial charge in [-0.1, -0.05) is 49.0 Å². The molecular weight excluding hydrogens is 192 g/mol. The lowest BCUT2D eigenvalue weighted by molar-refractivity contribution is 0.675. The van der Waals surface area contributed by atoms with E-state index >= 15 is 0 Å². The second-order valence-electron chi connectivity index (χ2n) is 3.55. The lowest BCUT2D eigenvalue weighted by Crippen LogP contribution is -2.16. The zero-order valence-corrected chi connectivity index (χ0v) is 9.00. The van der Waals surface area contributed by atoms with E-state index in [0.717, 1.165) is 11.6 Å². The molecule has 1 aliphatic rings. The summed E-state index contributed by atoms with van der Waals surface area (Å²) >= 11 is 1.68. The monoisotopic (exact) mass is 206 g/mol. The second kappa shape index (κ2) is 4.05. The number of amidine groups is 1. The smallest absolute Gasteiger partial charge is 0.154 e. The molecule has 3 heteroatoms. The summed E-state index contributed by atoms with van der Waals surface area (Å²) < 4.78 is 0. The van der Waals surface area contributed by atoms with Crippen molar-refractivity contribution in [3.8, 4) is 0 Å². The Morgan fingerprint density at radius 3 is 2.64 bits per heavy atom. The van der Waals surface area contributed by atoms with E-state index in [9.17, 15) is 0 Å². The molecule has 2 N–H and O–H groups in total. The van der Waals surface area contributed by atoms with E-state index in [-0.39, 0.29) is 0 Å². The van der Waals surface area contributed by atoms with Crippen molar-refractivity contribution in [2.45, 2.75) is 24.6 Å². The van der Waals surface area contributed by atoms with Crippen molar-refractivity contribution < 1.29 is 0 Å². The quantitative estimate of drug-likeness (QED) is 0.804. The third-order valence-electron chi connectivity index (χ3n) is 2.43. The Kier molecular flexibility index (Phi) is 2.77. The number of nitrogens with zero attached hydrogens (tertiary/aromatic N) is 1. The summed E-state index contributed by atoms with van der Waals surface area (Å²) in [4.78, 5) is 4.42. The van der Waals surface area contributed by atoms with Crippen LogP contribution in [0.25, 0.3) is 0 Å². The van der Waals surface area contributed by atoms with Crippen LogP contribution in [0.4, 0.5) is 0 Å². The first-order chi connectivity index (χ1) is 6.75. The summed E-state index contributed by atoms with van der Waals surface area (Å²) in [6.45, 7) is 2.18. The van der Waals surface area contributed by atoms with Gasteiger partial charge in [-0.05, 0) is 12.0 Å². The van der Waals surface area contributed by atoms with Gasteiger partial charge in [0.15, 0.2) is 5.17 Å². The summed E-state index contributed by atoms with van der Waals surface area (Å²) in [7, 11) is 0. The van der Waals surface area contributed by atoms with E-state index < -0.39 is 0 Å². The molecule has 0 aromatic heterocycles. The molecule has 1 aromatic carbocycles. The van der Waals surface area contributed by atoms with E-state index in [1.165, 1.54) is 5.56 Å². The van der Waals surface area contributed by atoms with Gasteiger partial charge < -0.3 is 5.73 Å². The molecule has 1 heterocycles. The first-order valence-corrected chi connectivity index (χ1v) is 5.67. The summed E-state index contributed by atoms with van der Waals surface area (Å²) in [5, 5.41) is 1.24. The van der Waals surface area contributed by atoms with Crippen molar-refractivity contribution in [2.75, 3.05) is 0 Å². The van der Waals surface area contributed by atoms with Gasteiger partial charge in [0, 0.05) is 5.25 Å². The van der Waals surface area contributed by atoms with E-state index in [1.54, 1.807) is 11.8 Å². The lowest BCUT2D eigenvalue weighted by atomic mass is 10.0. The number of aliphatic imine (C=N–C) groups is 1. The molecule has 0 amide bonds. The van der Waals surface area contributed by atoms with Crippen molar-refractivity contribution in [1.29, 1.82) is 0 Å². The van der Waals surface area contributed by atoms with Crippen LogP contribution >= 0.6 is 11.8 Å². The van der Waals surface area contributed by atoms with Crippen LogP contribution in [0.3, 0.4) is 0 Å². The molecule has 1 aliphatic heterocycles. The van der Waals surface area contributed by atoms with Crippen LogP contribution < -0.4 is 5.73 Å². The molecular formula is C11H14N2S. The summed E-state index contributed by atoms with van der Waals surface area (Å²) in [6, 6.07) is 10.8. The Balaban J connectivity index is 2.05. The molecule has 2 rings (SSSR count). The van der Waals surface area contributed by atoms with Gasteiger partial charge in [0.2, 0.25) is 0 Å². The number of hydrogen-bond acceptors (Lipinski definition) is 3. The minimum atomic E-state index is 0.349. The topological polar surface area (TPSA) is 38.4 Å². The summed E-state index contributed by atoms with van der Waals surface area (Å²) in [5.74, 6) is 0. The van der Waals surface area contributed by atoms with Crippen molar-refractivity contribution in [3.05, 3.63) is 35.9 Å². The predicted molar refractivity (Wildman–Crippen MR) is 62.6 cm³/mol. The average molecular weight is 206 g/mol. The largest absolute Gasteiger partial charge is 0.379 e. The van der Waals surface area contributed by atoms with Gasteiger partial charge in [0.05, 0.1) is 6.04 Å². The first-order valence-electron chi connectivity index (χ1n) is 4.79. The van der Waals surface area contributed by atoms with Crippen molar-refractivity contribution in [2.24, 2.45) is 10.7 Å². The van der Waals surface area contributed by atoms with Crippen LogP contribution in [0.15, 0.2) is 35.3 Å². The fourth-order valence-corrected chi connectivity index (χ4v) is 2.53. The van der Waals surface area contributed by atoms with Crippen molar-refractivity contribution >= 4 is 16.9 Å². The Morgan fingerprint density at radius 1 is 1.36 bits per heavy atom. The number of benzene rings is 1. The number of rotatable bonds is 2. The minimum Gasteiger partial charge on any atom is -0.379 e. The molecule has 0 saturated carbocycles. The molecule has 0 spiro atoms. The van der Waals surface area contributed by atoms with Crippen LogP contribution in [0.5, 0.6) is 0 Å². The Morgan fingerprint density at radius 2 is 2.07 bits per heavy atom. The van der Waals surface area contributed by atoms with Gasteiger partial charge in [-0.3, -0.25) is 4.99 Å². The summed E-state index contributed by atoms with van der Waals surface area (Å²) in [6.07, 6.45) is 0.996. The van der Waals surface area contributed by atoms with E-state index in [2.05, 4.69) is 36.2 Å². The van der Waals surface area contributed by atoms with Gasteiger partial charge in [-0.2, -0.15) is 0 Å². The highest BCUT2D eigenvalue weighted by Gasteiger charge is 2.24. The molecule has 14 heavy (non-hydrogen) atoms. The van der Waals surface area contributed by atoms with Gasteiger partial charge in [0.1, 0.15) is 0 Å². The van der Waals surface area contributed by atoms with E-state index in [1.807, 2.05) is 6.07 Å². The van der Waals surface area contributed by atoms with Crippen molar-refractivity contribution in [3.63, 3.8) is 0 Å². The molecule has 0 bridgehead atoms. The first kappa shape index (κ1) is 9.59. The summed E-state index contributed by atoms with van der Waals surface area (Å²) in [5.41, 5.74) is 7.02. The Hall–Kier alpha value is -0.960. The normalized spacial score (nSPS) is 26.2. The maximum Gasteiger partial charge on any atom is 0.154 e. The highest BCUT2D eigenvalue weighted by Crippen LogP contribution is 2.26. The standard InChI is InChI=1S/C11H14N2S/c1-8-10(13-11(12)14-8)7-9-5-3-2-4-6-9/h2-6,8,10H,7H2,1H3,(H2,12,13)/t8-,10+/m0/s1. The Bertz CT molecular complexity index is 334. The average Bonchev–Trinajstić information content (AvgIpc) is 2.47. The molecule has 0 aliphatic carbocycles. The van der Waals surface area contributed by atoms with Gasteiger partial charge in [-0.15, -0.1) is 0 Å². The van der Waals surface area contributed by atoms with Gasteiger partial charge in [-0.25, -0.2) is 0 Å². The fraction of sp³-hybridized carbons (Fsp3) is 0.364. The van der Waals surface area contributed by atoms with Gasteiger partial charge in [0.25, 0.3) is 0 Å². The highest BCUT2D eigenvalue weighted by molar-refractivity contribution is 8.14. The molecule has 74 valence electrons. The zero-order valence-electron chi connectivity index (χ0n) is 8.18. The van der Waals surface area contributed by atoms with Crippen LogP contribution in [-0.4, -0.2) is 16.5 Å². The highest BCUT2D eigenvalue weighted by atomic mass is 32.2. The van der Waals surface area contributed by atoms with E-state index in [0.29, 0.717) is 11.3 Å². The van der Waals surface area contributed by atoms with Crippen molar-refractivity contribution in [1.82, 2.24) is 0 Å². The number of hydrogen-bond donors (Lipinski definition) is 1. The molecule has 1 aromatic rings. The molecule has 0 saturated heterocycles. The van der Waals surface area contributed by atoms with E-state index in [4.69, 9.17) is 5.73 Å². The Labute approximate surface area is 88.6 Å². The predicted octanol–water partition coefficient (Wildman–Crippen LogP) is 2.05. The van der Waals surface area contributed by atoms with Crippen LogP contribution in [0, 0.1) is 0 Å². The SMILES string of the molecule is C[C@@H]1SC(N)=N[C@@H]1Cc1ccccc1. The third-order valence-corrected chi connectivity index (χ3v) is 3.46. The molecule has 0 radical (unpaired) electrons. The van der Waals surface area contributed by atoms with Crippen LogP contribution in [0.2, 0.25) is 0 Å². The second-order valence-corrected chi connectivity index (χ2v) is 4.94. The number of thioether (sulfide) groups is 1. The third kappa shape index (κ3) is 2.10. The zero-order chi connectivity index (χ0) is 9.97. The maximum absolute atomic E-state index is 5.68. The molecule has 2 nitrogen and oxygen atoms in total. The van der Waals surface area contributed by atoms with Gasteiger partial charge >= 0.3 is 0 Å². The molecule has 2 atom stereocenters. The minimum absolute atomic E-state index is 0.349. The maximum atomic E-state index is 5.68.